The smallest absolute Gasteiger partial charge is 0.337 e. The molecule has 0 saturated carbocycles. The lowest BCUT2D eigenvalue weighted by molar-refractivity contribution is -0.122. The number of rotatable bonds is 6. The standard InChI is InChI=1S/C23H22N2O5S/c1-30-23(29)15-7-8-18-14(13-15)9-11-24(18)22(28)19(10-12-31-2)25-20(26)16-5-3-4-6-17(16)21(25)27/h3-8,13,19H,9-12H2,1-2H3/t19-/m1/s1. The molecule has 2 aliphatic rings. The summed E-state index contributed by atoms with van der Waals surface area (Å²) in [7, 11) is 1.32. The second kappa shape index (κ2) is 8.55. The van der Waals surface area contributed by atoms with E-state index in [2.05, 4.69) is 0 Å². The van der Waals surface area contributed by atoms with E-state index in [1.807, 2.05) is 6.26 Å². The summed E-state index contributed by atoms with van der Waals surface area (Å²) in [5.74, 6) is -0.947. The molecule has 0 radical (unpaired) electrons. The van der Waals surface area contributed by atoms with Gasteiger partial charge in [-0.2, -0.15) is 11.8 Å². The number of nitrogens with zero attached hydrogens (tertiary/aromatic N) is 2. The summed E-state index contributed by atoms with van der Waals surface area (Å²) in [5.41, 5.74) is 2.65. The molecule has 1 atom stereocenters. The molecular weight excluding hydrogens is 416 g/mol. The fourth-order valence-electron chi connectivity index (χ4n) is 4.14. The van der Waals surface area contributed by atoms with E-state index in [1.54, 1.807) is 59.1 Å². The number of carbonyl (C=O) groups is 4. The molecule has 0 bridgehead atoms. The minimum atomic E-state index is -0.883. The molecular formula is C23H22N2O5S. The van der Waals surface area contributed by atoms with Gasteiger partial charge in [0, 0.05) is 12.2 Å². The molecule has 2 aliphatic heterocycles. The maximum absolute atomic E-state index is 13.6. The third kappa shape index (κ3) is 3.61. The minimum absolute atomic E-state index is 0.284. The summed E-state index contributed by atoms with van der Waals surface area (Å²) in [6, 6.07) is 10.8. The molecule has 0 N–H and O–H groups in total. The van der Waals surface area contributed by atoms with E-state index < -0.39 is 23.8 Å². The van der Waals surface area contributed by atoms with Gasteiger partial charge in [0.25, 0.3) is 11.8 Å². The predicted octanol–water partition coefficient (Wildman–Crippen LogP) is 2.78. The molecule has 3 amide bonds. The molecule has 0 unspecified atom stereocenters. The molecule has 0 saturated heterocycles. The van der Waals surface area contributed by atoms with Crippen LogP contribution in [0.5, 0.6) is 0 Å². The average molecular weight is 439 g/mol. The van der Waals surface area contributed by atoms with E-state index in [1.165, 1.54) is 7.11 Å². The molecule has 0 spiro atoms. The van der Waals surface area contributed by atoms with Crippen LogP contribution in [0, 0.1) is 0 Å². The van der Waals surface area contributed by atoms with Crippen molar-refractivity contribution < 1.29 is 23.9 Å². The average Bonchev–Trinajstić information content (AvgIpc) is 3.33. The number of hydrogen-bond acceptors (Lipinski definition) is 6. The Hall–Kier alpha value is -3.13. The van der Waals surface area contributed by atoms with E-state index in [0.717, 1.165) is 10.5 Å². The van der Waals surface area contributed by atoms with Crippen LogP contribution in [0.1, 0.15) is 43.1 Å². The first-order chi connectivity index (χ1) is 15.0. The minimum Gasteiger partial charge on any atom is -0.465 e. The van der Waals surface area contributed by atoms with Crippen LogP contribution >= 0.6 is 11.8 Å². The largest absolute Gasteiger partial charge is 0.465 e. The van der Waals surface area contributed by atoms with Gasteiger partial charge in [0.1, 0.15) is 6.04 Å². The Balaban J connectivity index is 1.65. The van der Waals surface area contributed by atoms with Gasteiger partial charge in [0.2, 0.25) is 5.91 Å². The van der Waals surface area contributed by atoms with Crippen LogP contribution in [0.15, 0.2) is 42.5 Å². The van der Waals surface area contributed by atoms with E-state index in [4.69, 9.17) is 4.74 Å². The van der Waals surface area contributed by atoms with E-state index in [9.17, 15) is 19.2 Å². The Morgan fingerprint density at radius 2 is 1.77 bits per heavy atom. The number of ether oxygens (including phenoxy) is 1. The number of benzene rings is 2. The van der Waals surface area contributed by atoms with Crippen molar-refractivity contribution in [1.29, 1.82) is 0 Å². The fourth-order valence-corrected chi connectivity index (χ4v) is 4.60. The van der Waals surface area contributed by atoms with Crippen LogP contribution in [0.25, 0.3) is 0 Å². The number of amides is 3. The van der Waals surface area contributed by atoms with E-state index in [-0.39, 0.29) is 5.91 Å². The lowest BCUT2D eigenvalue weighted by Gasteiger charge is -2.29. The summed E-state index contributed by atoms with van der Waals surface area (Å²) in [6.45, 7) is 0.428. The van der Waals surface area contributed by atoms with Crippen LogP contribution in [-0.2, 0) is 16.0 Å². The van der Waals surface area contributed by atoms with Crippen LogP contribution in [-0.4, -0.2) is 60.3 Å². The van der Waals surface area contributed by atoms with Crippen molar-refractivity contribution in [3.05, 3.63) is 64.7 Å². The number of esters is 1. The number of carbonyl (C=O) groups excluding carboxylic acids is 4. The molecule has 0 aromatic heterocycles. The van der Waals surface area contributed by atoms with E-state index in [0.29, 0.717) is 47.5 Å². The Morgan fingerprint density at radius 1 is 1.10 bits per heavy atom. The van der Waals surface area contributed by atoms with Gasteiger partial charge in [-0.25, -0.2) is 4.79 Å². The lowest BCUT2D eigenvalue weighted by atomic mass is 10.1. The maximum Gasteiger partial charge on any atom is 0.337 e. The molecule has 31 heavy (non-hydrogen) atoms. The molecule has 2 aromatic rings. The number of hydrogen-bond donors (Lipinski definition) is 0. The van der Waals surface area contributed by atoms with Gasteiger partial charge in [0.15, 0.2) is 0 Å². The highest BCUT2D eigenvalue weighted by atomic mass is 32.2. The molecule has 0 fully saturated rings. The zero-order chi connectivity index (χ0) is 22.1. The van der Waals surface area contributed by atoms with Crippen LogP contribution in [0.3, 0.4) is 0 Å². The monoisotopic (exact) mass is 438 g/mol. The molecule has 7 nitrogen and oxygen atoms in total. The Bertz CT molecular complexity index is 1050. The van der Waals surface area contributed by atoms with Gasteiger partial charge in [-0.15, -0.1) is 0 Å². The number of thioether (sulfide) groups is 1. The lowest BCUT2D eigenvalue weighted by Crippen LogP contribution is -2.51. The normalized spacial score (nSPS) is 15.7. The summed E-state index contributed by atoms with van der Waals surface area (Å²) in [4.78, 5) is 54.2. The summed E-state index contributed by atoms with van der Waals surface area (Å²) >= 11 is 1.56. The third-order valence-corrected chi connectivity index (χ3v) is 6.32. The fraction of sp³-hybridized carbons (Fsp3) is 0.304. The van der Waals surface area contributed by atoms with Crippen molar-refractivity contribution in [2.24, 2.45) is 0 Å². The van der Waals surface area contributed by atoms with Gasteiger partial charge in [-0.05, 0) is 60.7 Å². The van der Waals surface area contributed by atoms with Crippen LogP contribution < -0.4 is 4.90 Å². The van der Waals surface area contributed by atoms with Crippen LogP contribution in [0.2, 0.25) is 0 Å². The number of imide groups is 1. The van der Waals surface area contributed by atoms with Gasteiger partial charge < -0.3 is 9.64 Å². The number of anilines is 1. The van der Waals surface area contributed by atoms with Crippen molar-refractivity contribution in [3.8, 4) is 0 Å². The van der Waals surface area contributed by atoms with Crippen molar-refractivity contribution in [1.82, 2.24) is 4.90 Å². The zero-order valence-corrected chi connectivity index (χ0v) is 18.1. The van der Waals surface area contributed by atoms with Crippen molar-refractivity contribution in [3.63, 3.8) is 0 Å². The second-order valence-electron chi connectivity index (χ2n) is 7.40. The van der Waals surface area contributed by atoms with Crippen molar-refractivity contribution in [2.45, 2.75) is 18.9 Å². The summed E-state index contributed by atoms with van der Waals surface area (Å²) in [6.07, 6.45) is 2.88. The Kier molecular flexibility index (Phi) is 5.82. The van der Waals surface area contributed by atoms with Crippen molar-refractivity contribution >= 4 is 41.1 Å². The second-order valence-corrected chi connectivity index (χ2v) is 8.38. The predicted molar refractivity (Wildman–Crippen MR) is 118 cm³/mol. The van der Waals surface area contributed by atoms with Gasteiger partial charge >= 0.3 is 5.97 Å². The van der Waals surface area contributed by atoms with Gasteiger partial charge in [-0.1, -0.05) is 12.1 Å². The SMILES string of the molecule is COC(=O)c1ccc2c(c1)CCN2C(=O)[C@@H](CCSC)N1C(=O)c2ccccc2C1=O. The first-order valence-corrected chi connectivity index (χ1v) is 11.4. The molecule has 0 aliphatic carbocycles. The first-order valence-electron chi connectivity index (χ1n) is 9.96. The Morgan fingerprint density at radius 3 is 2.39 bits per heavy atom. The summed E-state index contributed by atoms with van der Waals surface area (Å²) in [5, 5.41) is 0. The summed E-state index contributed by atoms with van der Waals surface area (Å²) < 4.78 is 4.77. The highest BCUT2D eigenvalue weighted by molar-refractivity contribution is 7.98. The molecule has 4 rings (SSSR count). The topological polar surface area (TPSA) is 84.0 Å². The van der Waals surface area contributed by atoms with Gasteiger partial charge in [-0.3, -0.25) is 19.3 Å². The first kappa shape index (κ1) is 21.1. The highest BCUT2D eigenvalue weighted by Crippen LogP contribution is 2.33. The molecule has 160 valence electrons. The number of methoxy groups -OCH3 is 1. The van der Waals surface area contributed by atoms with E-state index >= 15 is 0 Å². The van der Waals surface area contributed by atoms with Gasteiger partial charge in [0.05, 0.1) is 23.8 Å². The van der Waals surface area contributed by atoms with Crippen LogP contribution in [0.4, 0.5) is 5.69 Å². The Labute approximate surface area is 184 Å². The molecule has 2 aromatic carbocycles. The zero-order valence-electron chi connectivity index (χ0n) is 17.3. The maximum atomic E-state index is 13.6. The quantitative estimate of drug-likeness (QED) is 0.509. The number of fused-ring (bicyclic) bond motifs is 2. The highest BCUT2D eigenvalue weighted by Gasteiger charge is 2.44. The molecule has 8 heteroatoms. The molecule has 2 heterocycles. The third-order valence-electron chi connectivity index (χ3n) is 5.68. The van der Waals surface area contributed by atoms with Crippen molar-refractivity contribution in [2.75, 3.05) is 30.6 Å².